The Morgan fingerprint density at radius 3 is 2.47 bits per heavy atom. The van der Waals surface area contributed by atoms with Gasteiger partial charge >= 0.3 is 0 Å². The van der Waals surface area contributed by atoms with Crippen molar-refractivity contribution in [2.45, 2.75) is 52.1 Å². The second-order valence-electron chi connectivity index (χ2n) is 8.58. The fourth-order valence-electron chi connectivity index (χ4n) is 3.77. The molecule has 0 aromatic heterocycles. The van der Waals surface area contributed by atoms with Gasteiger partial charge in [0, 0.05) is 31.1 Å². The Balaban J connectivity index is 2.17. The smallest absolute Gasteiger partial charge is 0.242 e. The summed E-state index contributed by atoms with van der Waals surface area (Å²) in [5.74, 6) is -0.0542. The number of carbonyl (C=O) groups excluding carboxylic acids is 2. The van der Waals surface area contributed by atoms with Gasteiger partial charge in [0.05, 0.1) is 19.1 Å². The molecular weight excluding hydrogens is 502 g/mol. The Hall–Kier alpha value is -2.78. The first kappa shape index (κ1) is 29.5. The summed E-state index contributed by atoms with van der Waals surface area (Å²) in [5, 5.41) is 3.43. The van der Waals surface area contributed by atoms with Gasteiger partial charge in [0.15, 0.2) is 0 Å². The normalized spacial score (nSPS) is 12.0. The fourth-order valence-corrected chi connectivity index (χ4v) is 4.95. The lowest BCUT2D eigenvalue weighted by molar-refractivity contribution is -0.140. The number of para-hydroxylation sites is 2. The average Bonchev–Trinajstić information content (AvgIpc) is 2.84. The van der Waals surface area contributed by atoms with Crippen molar-refractivity contribution >= 4 is 39.1 Å². The molecule has 1 N–H and O–H groups in total. The highest BCUT2D eigenvalue weighted by molar-refractivity contribution is 7.92. The Morgan fingerprint density at radius 2 is 1.83 bits per heavy atom. The van der Waals surface area contributed by atoms with Gasteiger partial charge < -0.3 is 15.0 Å². The summed E-state index contributed by atoms with van der Waals surface area (Å²) in [6.45, 7) is 4.58. The third-order valence-electron chi connectivity index (χ3n) is 5.74. The van der Waals surface area contributed by atoms with Crippen LogP contribution in [-0.2, 0) is 26.2 Å². The number of hydrogen-bond donors (Lipinski definition) is 1. The number of hydrogen-bond acceptors (Lipinski definition) is 5. The molecule has 0 aliphatic heterocycles. The molecule has 8 nitrogen and oxygen atoms in total. The molecule has 2 aromatic rings. The monoisotopic (exact) mass is 537 g/mol. The second-order valence-corrected chi connectivity index (χ2v) is 10.9. The summed E-state index contributed by atoms with van der Waals surface area (Å²) in [7, 11) is -2.14. The van der Waals surface area contributed by atoms with Crippen LogP contribution < -0.4 is 14.4 Å². The van der Waals surface area contributed by atoms with Crippen molar-refractivity contribution in [3.05, 3.63) is 59.1 Å². The molecule has 1 unspecified atom stereocenters. The van der Waals surface area contributed by atoms with Crippen LogP contribution in [0.3, 0.4) is 0 Å². The maximum absolute atomic E-state index is 13.3. The van der Waals surface area contributed by atoms with E-state index in [-0.39, 0.29) is 37.7 Å². The van der Waals surface area contributed by atoms with E-state index in [4.69, 9.17) is 16.3 Å². The van der Waals surface area contributed by atoms with Gasteiger partial charge in [0.1, 0.15) is 11.8 Å². The number of carbonyl (C=O) groups is 2. The second kappa shape index (κ2) is 14.1. The van der Waals surface area contributed by atoms with Crippen LogP contribution in [0.25, 0.3) is 0 Å². The van der Waals surface area contributed by atoms with E-state index in [1.54, 1.807) is 49.4 Å². The Bertz CT molecular complexity index is 1130. The van der Waals surface area contributed by atoms with E-state index in [9.17, 15) is 18.0 Å². The number of nitrogens with one attached hydrogen (secondary N) is 1. The quantitative estimate of drug-likeness (QED) is 0.364. The molecule has 0 spiro atoms. The van der Waals surface area contributed by atoms with Crippen LogP contribution in [0.15, 0.2) is 48.5 Å². The largest absolute Gasteiger partial charge is 0.495 e. The molecule has 1 atom stereocenters. The first-order chi connectivity index (χ1) is 17.1. The van der Waals surface area contributed by atoms with Gasteiger partial charge in [-0.2, -0.15) is 0 Å². The highest BCUT2D eigenvalue weighted by atomic mass is 35.5. The number of sulfonamides is 1. The minimum absolute atomic E-state index is 0.0638. The molecular formula is C26H36ClN3O5S. The van der Waals surface area contributed by atoms with Crippen molar-refractivity contribution in [3.63, 3.8) is 0 Å². The lowest BCUT2D eigenvalue weighted by Crippen LogP contribution is -2.48. The third-order valence-corrected chi connectivity index (χ3v) is 7.16. The summed E-state index contributed by atoms with van der Waals surface area (Å²) in [4.78, 5) is 27.6. The van der Waals surface area contributed by atoms with Gasteiger partial charge in [0.25, 0.3) is 0 Å². The fraction of sp³-hybridized carbons (Fsp3) is 0.462. The number of amides is 2. The number of unbranched alkanes of at least 4 members (excludes halogenated alkanes) is 1. The van der Waals surface area contributed by atoms with E-state index < -0.39 is 16.1 Å². The number of methoxy groups -OCH3 is 1. The van der Waals surface area contributed by atoms with E-state index in [0.29, 0.717) is 23.0 Å². The summed E-state index contributed by atoms with van der Waals surface area (Å²) in [6, 6.07) is 13.3. The SMILES string of the molecule is CCCCNC(=O)C(C)N(Cc1cccc(Cl)c1)C(=O)CCCN(c1ccccc1OC)S(C)(=O)=O. The molecule has 198 valence electrons. The van der Waals surface area contributed by atoms with Crippen LogP contribution in [0.5, 0.6) is 5.75 Å². The predicted octanol–water partition coefficient (Wildman–Crippen LogP) is 4.23. The van der Waals surface area contributed by atoms with Crippen LogP contribution in [0.2, 0.25) is 5.02 Å². The van der Waals surface area contributed by atoms with E-state index >= 15 is 0 Å². The van der Waals surface area contributed by atoms with Crippen molar-refractivity contribution in [1.82, 2.24) is 10.2 Å². The number of halogens is 1. The lowest BCUT2D eigenvalue weighted by atomic mass is 10.1. The highest BCUT2D eigenvalue weighted by Gasteiger charge is 2.27. The molecule has 0 heterocycles. The maximum Gasteiger partial charge on any atom is 0.242 e. The van der Waals surface area contributed by atoms with Gasteiger partial charge in [-0.15, -0.1) is 0 Å². The molecule has 2 aromatic carbocycles. The number of benzene rings is 2. The van der Waals surface area contributed by atoms with Gasteiger partial charge in [-0.25, -0.2) is 8.42 Å². The predicted molar refractivity (Wildman–Crippen MR) is 144 cm³/mol. The maximum atomic E-state index is 13.3. The van der Waals surface area contributed by atoms with Gasteiger partial charge in [0.2, 0.25) is 21.8 Å². The van der Waals surface area contributed by atoms with Crippen LogP contribution >= 0.6 is 11.6 Å². The van der Waals surface area contributed by atoms with E-state index in [1.807, 2.05) is 13.0 Å². The van der Waals surface area contributed by atoms with Crippen molar-refractivity contribution in [3.8, 4) is 5.75 Å². The Labute approximate surface area is 219 Å². The molecule has 36 heavy (non-hydrogen) atoms. The number of nitrogens with zero attached hydrogens (tertiary/aromatic N) is 2. The minimum Gasteiger partial charge on any atom is -0.495 e. The van der Waals surface area contributed by atoms with E-state index in [0.717, 1.165) is 24.7 Å². The molecule has 0 fully saturated rings. The number of ether oxygens (including phenoxy) is 1. The summed E-state index contributed by atoms with van der Waals surface area (Å²) < 4.78 is 31.6. The molecule has 0 aliphatic carbocycles. The molecule has 0 saturated carbocycles. The molecule has 2 amide bonds. The standard InChI is InChI=1S/C26H36ClN3O5S/c1-5-6-16-28-26(32)20(2)29(19-21-11-9-12-22(27)18-21)25(31)15-10-17-30(36(4,33)34)23-13-7-8-14-24(23)35-3/h7-9,11-14,18,20H,5-6,10,15-17,19H2,1-4H3,(H,28,32). The average molecular weight is 538 g/mol. The Kier molecular flexibility index (Phi) is 11.5. The third kappa shape index (κ3) is 8.71. The number of rotatable bonds is 14. The summed E-state index contributed by atoms with van der Waals surface area (Å²) in [5.41, 5.74) is 1.21. The van der Waals surface area contributed by atoms with Crippen molar-refractivity contribution < 1.29 is 22.7 Å². The summed E-state index contributed by atoms with van der Waals surface area (Å²) >= 11 is 6.12. The lowest BCUT2D eigenvalue weighted by Gasteiger charge is -2.29. The molecule has 10 heteroatoms. The molecule has 0 saturated heterocycles. The zero-order chi connectivity index (χ0) is 26.7. The van der Waals surface area contributed by atoms with Crippen LogP contribution in [0.1, 0.15) is 45.1 Å². The molecule has 0 radical (unpaired) electrons. The van der Waals surface area contributed by atoms with Crippen molar-refractivity contribution in [2.75, 3.05) is 30.8 Å². The van der Waals surface area contributed by atoms with Gasteiger partial charge in [-0.3, -0.25) is 13.9 Å². The van der Waals surface area contributed by atoms with Crippen LogP contribution in [-0.4, -0.2) is 57.6 Å². The molecule has 0 bridgehead atoms. The molecule has 2 rings (SSSR count). The first-order valence-electron chi connectivity index (χ1n) is 12.0. The number of anilines is 1. The highest BCUT2D eigenvalue weighted by Crippen LogP contribution is 2.29. The van der Waals surface area contributed by atoms with Crippen molar-refractivity contribution in [2.24, 2.45) is 0 Å². The van der Waals surface area contributed by atoms with Gasteiger partial charge in [-0.05, 0) is 49.6 Å². The van der Waals surface area contributed by atoms with Gasteiger partial charge in [-0.1, -0.05) is 49.2 Å². The Morgan fingerprint density at radius 1 is 1.11 bits per heavy atom. The van der Waals surface area contributed by atoms with Crippen LogP contribution in [0, 0.1) is 0 Å². The van der Waals surface area contributed by atoms with Crippen molar-refractivity contribution in [1.29, 1.82) is 0 Å². The zero-order valence-electron chi connectivity index (χ0n) is 21.4. The minimum atomic E-state index is -3.62. The topological polar surface area (TPSA) is 96.0 Å². The zero-order valence-corrected chi connectivity index (χ0v) is 22.9. The van der Waals surface area contributed by atoms with E-state index in [1.165, 1.54) is 16.3 Å². The first-order valence-corrected chi connectivity index (χ1v) is 14.2. The van der Waals surface area contributed by atoms with Crippen LogP contribution in [0.4, 0.5) is 5.69 Å². The summed E-state index contributed by atoms with van der Waals surface area (Å²) in [6.07, 6.45) is 3.25. The molecule has 0 aliphatic rings. The van der Waals surface area contributed by atoms with E-state index in [2.05, 4.69) is 5.32 Å².